The van der Waals surface area contributed by atoms with Crippen LogP contribution in [-0.4, -0.2) is 34.9 Å². The predicted molar refractivity (Wildman–Crippen MR) is 117 cm³/mol. The molecule has 2 aliphatic rings. The van der Waals surface area contributed by atoms with E-state index in [9.17, 15) is 14.4 Å². The molecule has 1 fully saturated rings. The fourth-order valence-corrected chi connectivity index (χ4v) is 4.22. The maximum absolute atomic E-state index is 12.9. The lowest BCUT2D eigenvalue weighted by atomic mass is 9.92. The highest BCUT2D eigenvalue weighted by Gasteiger charge is 2.35. The van der Waals surface area contributed by atoms with E-state index in [0.717, 1.165) is 25.9 Å². The molecule has 1 aromatic heterocycles. The molecule has 1 atom stereocenters. The number of nitrogens with one attached hydrogen (secondary N) is 3. The van der Waals surface area contributed by atoms with Gasteiger partial charge in [0.25, 0.3) is 5.56 Å². The molecular formula is C20H21Cl2N5O3. The molecule has 3 N–H and O–H groups in total. The van der Waals surface area contributed by atoms with E-state index in [-0.39, 0.29) is 28.7 Å². The summed E-state index contributed by atoms with van der Waals surface area (Å²) >= 11 is 12.0. The van der Waals surface area contributed by atoms with Gasteiger partial charge in [0, 0.05) is 24.5 Å². The minimum atomic E-state index is -0.979. The van der Waals surface area contributed by atoms with Gasteiger partial charge in [0.05, 0.1) is 22.2 Å². The number of aromatic amines is 1. The van der Waals surface area contributed by atoms with Crippen LogP contribution in [0.2, 0.25) is 10.0 Å². The number of carbonyl (C=O) groups is 2. The van der Waals surface area contributed by atoms with Crippen molar-refractivity contribution >= 4 is 52.5 Å². The Hall–Kier alpha value is -2.58. The molecule has 1 aromatic carbocycles. The van der Waals surface area contributed by atoms with Gasteiger partial charge >= 0.3 is 0 Å². The van der Waals surface area contributed by atoms with Gasteiger partial charge in [0.1, 0.15) is 5.82 Å². The summed E-state index contributed by atoms with van der Waals surface area (Å²) < 4.78 is 0. The minimum Gasteiger partial charge on any atom is -0.342 e. The van der Waals surface area contributed by atoms with E-state index in [1.165, 1.54) is 6.07 Å². The van der Waals surface area contributed by atoms with E-state index in [4.69, 9.17) is 23.2 Å². The third-order valence-corrected chi connectivity index (χ3v) is 6.08. The Morgan fingerprint density at radius 1 is 1.23 bits per heavy atom. The number of benzene rings is 1. The number of aromatic nitrogens is 2. The molecule has 0 radical (unpaired) electrons. The van der Waals surface area contributed by atoms with Gasteiger partial charge in [-0.3, -0.25) is 19.4 Å². The van der Waals surface area contributed by atoms with Crippen LogP contribution in [0.4, 0.5) is 17.5 Å². The van der Waals surface area contributed by atoms with E-state index >= 15 is 0 Å². The predicted octanol–water partition coefficient (Wildman–Crippen LogP) is 3.38. The summed E-state index contributed by atoms with van der Waals surface area (Å²) in [6, 6.07) is 4.65. The first kappa shape index (κ1) is 20.7. The lowest BCUT2D eigenvalue weighted by Gasteiger charge is -2.31. The second-order valence-electron chi connectivity index (χ2n) is 7.74. The van der Waals surface area contributed by atoms with Crippen molar-refractivity contribution in [1.82, 2.24) is 9.97 Å². The van der Waals surface area contributed by atoms with Gasteiger partial charge in [-0.25, -0.2) is 0 Å². The molecule has 2 amide bonds. The van der Waals surface area contributed by atoms with Gasteiger partial charge in [0.2, 0.25) is 17.8 Å². The van der Waals surface area contributed by atoms with Crippen molar-refractivity contribution in [3.8, 4) is 0 Å². The highest BCUT2D eigenvalue weighted by molar-refractivity contribution is 6.36. The molecule has 0 bridgehead atoms. The number of hydrogen-bond donors (Lipinski definition) is 3. The van der Waals surface area contributed by atoms with Gasteiger partial charge in [-0.05, 0) is 37.0 Å². The third kappa shape index (κ3) is 4.15. The molecule has 0 spiro atoms. The summed E-state index contributed by atoms with van der Waals surface area (Å²) in [5, 5.41) is 6.01. The van der Waals surface area contributed by atoms with Crippen molar-refractivity contribution in [3.63, 3.8) is 0 Å². The number of carbonyl (C=O) groups excluding carboxylic acids is 2. The standard InChI is InChI=1S/C20H21Cl2N5O3/c1-10-4-6-27(7-5-10)20-25-17-16(19(30)26-20)12(9-15(28)24-17)18(29)23-14-3-2-11(21)8-13(14)22/h2-3,8,10,12H,4-7,9H2,1H3,(H,23,29)(H2,24,25,26,28,30)/t12-/m1/s1. The summed E-state index contributed by atoms with van der Waals surface area (Å²) in [6.07, 6.45) is 1.84. The summed E-state index contributed by atoms with van der Waals surface area (Å²) in [7, 11) is 0. The first-order chi connectivity index (χ1) is 14.3. The first-order valence-electron chi connectivity index (χ1n) is 9.76. The molecular weight excluding hydrogens is 429 g/mol. The van der Waals surface area contributed by atoms with Gasteiger partial charge in [-0.1, -0.05) is 30.1 Å². The Kier molecular flexibility index (Phi) is 5.71. The molecule has 0 saturated carbocycles. The largest absolute Gasteiger partial charge is 0.342 e. The van der Waals surface area contributed by atoms with Crippen LogP contribution in [0.15, 0.2) is 23.0 Å². The van der Waals surface area contributed by atoms with Crippen LogP contribution >= 0.6 is 23.2 Å². The summed E-state index contributed by atoms with van der Waals surface area (Å²) in [5.74, 6) is -0.702. The van der Waals surface area contributed by atoms with Crippen LogP contribution < -0.4 is 21.1 Å². The fraction of sp³-hybridized carbons (Fsp3) is 0.400. The maximum Gasteiger partial charge on any atom is 0.258 e. The van der Waals surface area contributed by atoms with Crippen molar-refractivity contribution in [2.24, 2.45) is 5.92 Å². The van der Waals surface area contributed by atoms with Crippen molar-refractivity contribution in [3.05, 3.63) is 44.2 Å². The van der Waals surface area contributed by atoms with E-state index in [1.54, 1.807) is 12.1 Å². The number of hydrogen-bond acceptors (Lipinski definition) is 5. The number of H-pyrrole nitrogens is 1. The van der Waals surface area contributed by atoms with Gasteiger partial charge in [-0.2, -0.15) is 4.98 Å². The zero-order chi connectivity index (χ0) is 21.4. The molecule has 2 aliphatic heterocycles. The van der Waals surface area contributed by atoms with Crippen molar-refractivity contribution in [2.75, 3.05) is 28.6 Å². The third-order valence-electron chi connectivity index (χ3n) is 5.53. The molecule has 10 heteroatoms. The highest BCUT2D eigenvalue weighted by atomic mass is 35.5. The number of rotatable bonds is 3. The fourth-order valence-electron chi connectivity index (χ4n) is 3.76. The lowest BCUT2D eigenvalue weighted by molar-refractivity contribution is -0.123. The summed E-state index contributed by atoms with van der Waals surface area (Å²) in [6.45, 7) is 3.74. The number of amides is 2. The zero-order valence-electron chi connectivity index (χ0n) is 16.3. The van der Waals surface area contributed by atoms with Crippen molar-refractivity contribution in [2.45, 2.75) is 32.1 Å². The number of nitrogens with zero attached hydrogens (tertiary/aromatic N) is 2. The monoisotopic (exact) mass is 449 g/mol. The van der Waals surface area contributed by atoms with E-state index in [0.29, 0.717) is 22.6 Å². The minimum absolute atomic E-state index is 0.131. The SMILES string of the molecule is CC1CCN(c2nc3c(c(=O)[nH]2)[C@H](C(=O)Nc2ccc(Cl)cc2Cl)CC(=O)N3)CC1. The van der Waals surface area contributed by atoms with Gasteiger partial charge in [0.15, 0.2) is 0 Å². The quantitative estimate of drug-likeness (QED) is 0.665. The zero-order valence-corrected chi connectivity index (χ0v) is 17.8. The van der Waals surface area contributed by atoms with Gasteiger partial charge in [-0.15, -0.1) is 0 Å². The molecule has 30 heavy (non-hydrogen) atoms. The second-order valence-corrected chi connectivity index (χ2v) is 8.58. The lowest BCUT2D eigenvalue weighted by Crippen LogP contribution is -2.39. The molecule has 158 valence electrons. The topological polar surface area (TPSA) is 107 Å². The molecule has 3 heterocycles. The smallest absolute Gasteiger partial charge is 0.258 e. The Morgan fingerprint density at radius 3 is 2.67 bits per heavy atom. The number of piperidine rings is 1. The normalized spacial score (nSPS) is 19.2. The summed E-state index contributed by atoms with van der Waals surface area (Å²) in [5.41, 5.74) is 0.0596. The van der Waals surface area contributed by atoms with Crippen LogP contribution in [-0.2, 0) is 9.59 Å². The average molecular weight is 450 g/mol. The van der Waals surface area contributed by atoms with E-state index in [1.807, 2.05) is 4.90 Å². The van der Waals surface area contributed by atoms with Crippen molar-refractivity contribution in [1.29, 1.82) is 0 Å². The average Bonchev–Trinajstić information content (AvgIpc) is 2.69. The van der Waals surface area contributed by atoms with Crippen LogP contribution in [0.25, 0.3) is 0 Å². The summed E-state index contributed by atoms with van der Waals surface area (Å²) in [4.78, 5) is 47.3. The van der Waals surface area contributed by atoms with Crippen LogP contribution in [0.1, 0.15) is 37.7 Å². The first-order valence-corrected chi connectivity index (χ1v) is 10.5. The Morgan fingerprint density at radius 2 is 1.97 bits per heavy atom. The van der Waals surface area contributed by atoms with E-state index < -0.39 is 17.4 Å². The van der Waals surface area contributed by atoms with E-state index in [2.05, 4.69) is 27.5 Å². The van der Waals surface area contributed by atoms with Crippen LogP contribution in [0.5, 0.6) is 0 Å². The van der Waals surface area contributed by atoms with Crippen LogP contribution in [0.3, 0.4) is 0 Å². The molecule has 4 rings (SSSR count). The number of halogens is 2. The second kappa shape index (κ2) is 8.28. The van der Waals surface area contributed by atoms with Crippen molar-refractivity contribution < 1.29 is 9.59 Å². The number of anilines is 3. The maximum atomic E-state index is 12.9. The molecule has 0 aliphatic carbocycles. The molecule has 8 nitrogen and oxygen atoms in total. The van der Waals surface area contributed by atoms with Crippen LogP contribution in [0, 0.1) is 5.92 Å². The highest BCUT2D eigenvalue weighted by Crippen LogP contribution is 2.32. The number of fused-ring (bicyclic) bond motifs is 1. The Balaban J connectivity index is 1.63. The molecule has 1 saturated heterocycles. The van der Waals surface area contributed by atoms with Gasteiger partial charge < -0.3 is 15.5 Å². The Labute approximate surface area is 183 Å². The molecule has 2 aromatic rings. The Bertz CT molecular complexity index is 1060. The molecule has 0 unspecified atom stereocenters.